The number of nitrogens with one attached hydrogen (secondary N) is 1. The van der Waals surface area contributed by atoms with E-state index in [9.17, 15) is 5.11 Å². The molecule has 0 aliphatic heterocycles. The van der Waals surface area contributed by atoms with E-state index in [0.717, 1.165) is 25.1 Å². The molecule has 0 unspecified atom stereocenters. The number of phenolic OH excluding ortho intramolecular Hbond substituents is 1. The normalized spacial score (nSPS) is 11.0. The van der Waals surface area contributed by atoms with Gasteiger partial charge in [-0.3, -0.25) is 0 Å². The van der Waals surface area contributed by atoms with Crippen LogP contribution in [0.15, 0.2) is 18.2 Å². The highest BCUT2D eigenvalue weighted by Gasteiger charge is 2.03. The Balaban J connectivity index is 2.29. The molecule has 0 saturated carbocycles. The average Bonchev–Trinajstić information content (AvgIpc) is 2.23. The largest absolute Gasteiger partial charge is 0.506 e. The number of phenols is 1. The van der Waals surface area contributed by atoms with Gasteiger partial charge in [0.2, 0.25) is 0 Å². The molecule has 0 aliphatic carbocycles. The quantitative estimate of drug-likeness (QED) is 0.750. The highest BCUT2D eigenvalue weighted by atomic mass is 35.5. The Morgan fingerprint density at radius 3 is 2.81 bits per heavy atom. The fraction of sp³-hybridized carbons (Fsp3) is 0.500. The van der Waals surface area contributed by atoms with Crippen LogP contribution in [0.4, 0.5) is 0 Å². The lowest BCUT2D eigenvalue weighted by molar-refractivity contribution is 0.393. The van der Waals surface area contributed by atoms with Gasteiger partial charge in [0.05, 0.1) is 5.02 Å². The summed E-state index contributed by atoms with van der Waals surface area (Å²) >= 11 is 5.81. The topological polar surface area (TPSA) is 35.5 Å². The van der Waals surface area contributed by atoms with Gasteiger partial charge in [-0.1, -0.05) is 23.7 Å². The van der Waals surface area contributed by atoms with E-state index >= 15 is 0 Å². The zero-order valence-corrected chi connectivity index (χ0v) is 10.6. The van der Waals surface area contributed by atoms with Crippen LogP contribution in [-0.2, 0) is 6.54 Å². The van der Waals surface area contributed by atoms with Crippen molar-refractivity contribution in [3.63, 3.8) is 0 Å². The van der Waals surface area contributed by atoms with Gasteiger partial charge >= 0.3 is 0 Å². The maximum atomic E-state index is 9.66. The number of rotatable bonds is 6. The fourth-order valence-electron chi connectivity index (χ4n) is 1.45. The number of halogens is 1. The lowest BCUT2D eigenvalue weighted by Gasteiger charge is -2.10. The minimum absolute atomic E-state index is 0.185. The molecule has 1 rings (SSSR count). The Labute approximate surface area is 102 Å². The first-order valence-corrected chi connectivity index (χ1v) is 5.81. The first-order valence-electron chi connectivity index (χ1n) is 5.43. The van der Waals surface area contributed by atoms with Crippen LogP contribution >= 0.6 is 11.6 Å². The van der Waals surface area contributed by atoms with Crippen molar-refractivity contribution in [2.24, 2.45) is 0 Å². The summed E-state index contributed by atoms with van der Waals surface area (Å²) in [5.74, 6) is 0.185. The van der Waals surface area contributed by atoms with E-state index in [0.29, 0.717) is 11.6 Å². The predicted octanol–water partition coefficient (Wildman–Crippen LogP) is 2.09. The van der Waals surface area contributed by atoms with E-state index in [1.54, 1.807) is 6.07 Å². The zero-order chi connectivity index (χ0) is 12.0. The second-order valence-corrected chi connectivity index (χ2v) is 4.49. The van der Waals surface area contributed by atoms with Crippen LogP contribution in [0.1, 0.15) is 12.0 Å². The molecule has 0 radical (unpaired) electrons. The van der Waals surface area contributed by atoms with E-state index in [2.05, 4.69) is 24.3 Å². The molecule has 1 aromatic carbocycles. The number of benzene rings is 1. The summed E-state index contributed by atoms with van der Waals surface area (Å²) in [7, 11) is 4.12. The predicted molar refractivity (Wildman–Crippen MR) is 68.0 cm³/mol. The zero-order valence-electron chi connectivity index (χ0n) is 9.83. The Kier molecular flexibility index (Phi) is 5.60. The Hall–Kier alpha value is -0.770. The van der Waals surface area contributed by atoms with Crippen molar-refractivity contribution in [2.45, 2.75) is 13.0 Å². The first-order chi connectivity index (χ1) is 7.61. The van der Waals surface area contributed by atoms with Crippen molar-refractivity contribution in [3.8, 4) is 5.75 Å². The highest BCUT2D eigenvalue weighted by Crippen LogP contribution is 2.26. The van der Waals surface area contributed by atoms with Gasteiger partial charge < -0.3 is 15.3 Å². The minimum atomic E-state index is 0.185. The van der Waals surface area contributed by atoms with Gasteiger partial charge in [-0.25, -0.2) is 0 Å². The molecule has 0 bridgehead atoms. The maximum absolute atomic E-state index is 9.66. The lowest BCUT2D eigenvalue weighted by Crippen LogP contribution is -2.21. The second kappa shape index (κ2) is 6.74. The van der Waals surface area contributed by atoms with E-state index in [-0.39, 0.29) is 5.75 Å². The van der Waals surface area contributed by atoms with E-state index < -0.39 is 0 Å². The highest BCUT2D eigenvalue weighted by molar-refractivity contribution is 6.32. The van der Waals surface area contributed by atoms with E-state index in [4.69, 9.17) is 11.6 Å². The molecule has 0 atom stereocenters. The van der Waals surface area contributed by atoms with E-state index in [1.807, 2.05) is 12.1 Å². The molecule has 16 heavy (non-hydrogen) atoms. The number of hydrogen-bond acceptors (Lipinski definition) is 3. The third-order valence-electron chi connectivity index (χ3n) is 2.34. The molecule has 90 valence electrons. The van der Waals surface area contributed by atoms with Crippen LogP contribution in [0, 0.1) is 0 Å². The molecule has 0 saturated heterocycles. The molecule has 0 aromatic heterocycles. The molecule has 4 heteroatoms. The molecule has 0 fully saturated rings. The van der Waals surface area contributed by atoms with Gasteiger partial charge in [-0.2, -0.15) is 0 Å². The maximum Gasteiger partial charge on any atom is 0.138 e. The lowest BCUT2D eigenvalue weighted by atomic mass is 10.2. The second-order valence-electron chi connectivity index (χ2n) is 4.08. The Morgan fingerprint density at radius 1 is 1.38 bits per heavy atom. The van der Waals surface area contributed by atoms with Gasteiger partial charge in [-0.05, 0) is 39.7 Å². The minimum Gasteiger partial charge on any atom is -0.506 e. The number of aromatic hydroxyl groups is 1. The monoisotopic (exact) mass is 242 g/mol. The van der Waals surface area contributed by atoms with Crippen LogP contribution in [0.3, 0.4) is 0 Å². The molecule has 0 amide bonds. The molecule has 3 nitrogen and oxygen atoms in total. The van der Waals surface area contributed by atoms with Gasteiger partial charge in [0.1, 0.15) is 5.75 Å². The molecule has 0 aliphatic rings. The molecule has 2 N–H and O–H groups in total. The van der Waals surface area contributed by atoms with Crippen molar-refractivity contribution in [2.75, 3.05) is 27.2 Å². The summed E-state index contributed by atoms with van der Waals surface area (Å²) < 4.78 is 0. The van der Waals surface area contributed by atoms with Crippen LogP contribution in [0.2, 0.25) is 5.02 Å². The standard InChI is InChI=1S/C12H19ClN2O/c1-15(2)8-4-7-14-9-10-5-3-6-11(13)12(10)16/h3,5-6,14,16H,4,7-9H2,1-2H3. The number of hydrogen-bond donors (Lipinski definition) is 2. The van der Waals surface area contributed by atoms with Crippen LogP contribution < -0.4 is 5.32 Å². The van der Waals surface area contributed by atoms with E-state index in [1.165, 1.54) is 0 Å². The van der Waals surface area contributed by atoms with Crippen molar-refractivity contribution < 1.29 is 5.11 Å². The van der Waals surface area contributed by atoms with Crippen molar-refractivity contribution in [1.29, 1.82) is 0 Å². The number of nitrogens with zero attached hydrogens (tertiary/aromatic N) is 1. The van der Waals surface area contributed by atoms with Gasteiger partial charge in [0.25, 0.3) is 0 Å². The summed E-state index contributed by atoms with van der Waals surface area (Å²) in [6, 6.07) is 5.41. The summed E-state index contributed by atoms with van der Waals surface area (Å²) in [5, 5.41) is 13.4. The average molecular weight is 243 g/mol. The Bertz CT molecular complexity index is 329. The van der Waals surface area contributed by atoms with Crippen LogP contribution in [0.5, 0.6) is 5.75 Å². The van der Waals surface area contributed by atoms with Gasteiger partial charge in [0, 0.05) is 12.1 Å². The Morgan fingerprint density at radius 2 is 2.12 bits per heavy atom. The first kappa shape index (κ1) is 13.3. The molecular weight excluding hydrogens is 224 g/mol. The molecule has 0 spiro atoms. The SMILES string of the molecule is CN(C)CCCNCc1cccc(Cl)c1O. The summed E-state index contributed by atoms with van der Waals surface area (Å²) in [6.07, 6.45) is 1.09. The molecule has 1 aromatic rings. The summed E-state index contributed by atoms with van der Waals surface area (Å²) in [4.78, 5) is 2.15. The van der Waals surface area contributed by atoms with Crippen molar-refractivity contribution >= 4 is 11.6 Å². The van der Waals surface area contributed by atoms with Crippen LogP contribution in [0.25, 0.3) is 0 Å². The number of para-hydroxylation sites is 1. The van der Waals surface area contributed by atoms with Crippen molar-refractivity contribution in [1.82, 2.24) is 10.2 Å². The third-order valence-corrected chi connectivity index (χ3v) is 2.65. The van der Waals surface area contributed by atoms with Crippen molar-refractivity contribution in [3.05, 3.63) is 28.8 Å². The molecular formula is C12H19ClN2O. The van der Waals surface area contributed by atoms with Gasteiger partial charge in [-0.15, -0.1) is 0 Å². The smallest absolute Gasteiger partial charge is 0.138 e. The molecule has 0 heterocycles. The summed E-state index contributed by atoms with van der Waals surface area (Å²) in [6.45, 7) is 2.65. The van der Waals surface area contributed by atoms with Crippen LogP contribution in [-0.4, -0.2) is 37.2 Å². The summed E-state index contributed by atoms with van der Waals surface area (Å²) in [5.41, 5.74) is 0.845. The fourth-order valence-corrected chi connectivity index (χ4v) is 1.64. The third kappa shape index (κ3) is 4.39. The van der Waals surface area contributed by atoms with Gasteiger partial charge in [0.15, 0.2) is 0 Å².